The molecule has 0 fully saturated rings. The molecular weight excluding hydrogens is 528 g/mol. The summed E-state index contributed by atoms with van der Waals surface area (Å²) in [5.41, 5.74) is 1.59. The zero-order valence-electron chi connectivity index (χ0n) is 20.9. The van der Waals surface area contributed by atoms with Crippen LogP contribution in [0.3, 0.4) is 0 Å². The molecule has 1 aromatic heterocycles. The number of fused-ring (bicyclic) bond motifs is 5. The van der Waals surface area contributed by atoms with Gasteiger partial charge in [0.15, 0.2) is 23.0 Å². The summed E-state index contributed by atoms with van der Waals surface area (Å²) in [5, 5.41) is 88.2. The molecule has 9 heteroatoms. The molecule has 1 heterocycles. The Bertz CT molecular complexity index is 2150. The van der Waals surface area contributed by atoms with E-state index in [1.54, 1.807) is 72.8 Å². The summed E-state index contributed by atoms with van der Waals surface area (Å²) in [7, 11) is 0. The van der Waals surface area contributed by atoms with Gasteiger partial charge >= 0.3 is 0 Å². The second-order valence-electron chi connectivity index (χ2n) is 9.68. The summed E-state index contributed by atoms with van der Waals surface area (Å²) in [6.07, 6.45) is 0. The van der Waals surface area contributed by atoms with Crippen molar-refractivity contribution in [1.82, 2.24) is 0 Å². The van der Waals surface area contributed by atoms with Gasteiger partial charge in [0.1, 0.15) is 11.2 Å². The molecule has 0 amide bonds. The summed E-state index contributed by atoms with van der Waals surface area (Å²) < 4.78 is 6.02. The SMILES string of the molecule is Oc1c(O)c(O)c2c(-c3cccc4oc5ccccc5c34)c3c(O)c(O)c(O)c(O)c3c(-c3ccccc3)c2c1O. The molecule has 6 aromatic carbocycles. The zero-order valence-corrected chi connectivity index (χ0v) is 20.9. The van der Waals surface area contributed by atoms with Gasteiger partial charge in [-0.15, -0.1) is 0 Å². The molecule has 0 aliphatic heterocycles. The van der Waals surface area contributed by atoms with E-state index in [0.717, 1.165) is 0 Å². The van der Waals surface area contributed by atoms with Gasteiger partial charge in [-0.05, 0) is 23.3 Å². The van der Waals surface area contributed by atoms with Gasteiger partial charge in [0.05, 0.1) is 0 Å². The highest BCUT2D eigenvalue weighted by Gasteiger charge is 2.33. The standard InChI is InChI=1S/C32H20O9/c33-25-21-18(13-7-2-1-3-8-13)22-24(28(36)32(40)30(38)26(22)34)20(23(21)27(35)31(39)29(25)37)15-10-6-12-17-19(15)14-9-4-5-11-16(14)41-17/h1-12,33-40H. The predicted molar refractivity (Wildman–Crippen MR) is 153 cm³/mol. The first kappa shape index (κ1) is 24.1. The van der Waals surface area contributed by atoms with Crippen molar-refractivity contribution in [2.75, 3.05) is 0 Å². The van der Waals surface area contributed by atoms with Crippen LogP contribution >= 0.6 is 0 Å². The maximum Gasteiger partial charge on any atom is 0.204 e. The van der Waals surface area contributed by atoms with Crippen molar-refractivity contribution < 1.29 is 45.3 Å². The first-order chi connectivity index (χ1) is 19.7. The van der Waals surface area contributed by atoms with Gasteiger partial charge < -0.3 is 45.3 Å². The number of benzene rings is 6. The maximum absolute atomic E-state index is 11.4. The maximum atomic E-state index is 11.4. The summed E-state index contributed by atoms with van der Waals surface area (Å²) in [4.78, 5) is 0. The lowest BCUT2D eigenvalue weighted by Gasteiger charge is -2.22. The van der Waals surface area contributed by atoms with Gasteiger partial charge in [-0.2, -0.15) is 0 Å². The monoisotopic (exact) mass is 548 g/mol. The quantitative estimate of drug-likeness (QED) is 0.0651. The van der Waals surface area contributed by atoms with Crippen molar-refractivity contribution >= 4 is 43.5 Å². The number of aromatic hydroxyl groups is 8. The molecule has 7 aromatic rings. The molecule has 0 aliphatic rings. The smallest absolute Gasteiger partial charge is 0.204 e. The number of phenolic OH excluding ortho intramolecular Hbond substituents is 8. The first-order valence-corrected chi connectivity index (χ1v) is 12.4. The number of hydrogen-bond acceptors (Lipinski definition) is 9. The van der Waals surface area contributed by atoms with Crippen LogP contribution in [0.1, 0.15) is 0 Å². The van der Waals surface area contributed by atoms with Crippen LogP contribution in [0.4, 0.5) is 0 Å². The lowest BCUT2D eigenvalue weighted by molar-refractivity contribution is 0.350. The van der Waals surface area contributed by atoms with Crippen LogP contribution < -0.4 is 0 Å². The number of para-hydroxylation sites is 1. The average Bonchev–Trinajstić information content (AvgIpc) is 3.38. The largest absolute Gasteiger partial charge is 0.504 e. The van der Waals surface area contributed by atoms with Crippen LogP contribution in [0, 0.1) is 0 Å². The Kier molecular flexibility index (Phi) is 4.86. The highest BCUT2D eigenvalue weighted by Crippen LogP contribution is 2.62. The van der Waals surface area contributed by atoms with Crippen molar-refractivity contribution in [3.8, 4) is 68.2 Å². The number of rotatable bonds is 2. The van der Waals surface area contributed by atoms with Crippen LogP contribution in [0.5, 0.6) is 46.0 Å². The van der Waals surface area contributed by atoms with E-state index in [0.29, 0.717) is 33.1 Å². The minimum atomic E-state index is -1.02. The lowest BCUT2D eigenvalue weighted by Crippen LogP contribution is -1.95. The van der Waals surface area contributed by atoms with Gasteiger partial charge in [0.2, 0.25) is 23.0 Å². The Morgan fingerprint density at radius 2 is 0.829 bits per heavy atom. The molecule has 0 unspecified atom stereocenters. The number of phenols is 8. The molecular formula is C32H20O9. The summed E-state index contributed by atoms with van der Waals surface area (Å²) in [6, 6.07) is 20.4. The van der Waals surface area contributed by atoms with Crippen LogP contribution in [0.25, 0.3) is 65.7 Å². The zero-order chi connectivity index (χ0) is 28.7. The molecule has 0 spiro atoms. The van der Waals surface area contributed by atoms with E-state index in [9.17, 15) is 40.9 Å². The van der Waals surface area contributed by atoms with Gasteiger partial charge in [0.25, 0.3) is 0 Å². The summed E-state index contributed by atoms with van der Waals surface area (Å²) in [5.74, 6) is -7.40. The Balaban J connectivity index is 1.89. The molecule has 0 saturated heterocycles. The highest BCUT2D eigenvalue weighted by molar-refractivity contribution is 6.31. The lowest BCUT2D eigenvalue weighted by atomic mass is 9.83. The third kappa shape index (κ3) is 3.05. The second kappa shape index (κ2) is 8.27. The Morgan fingerprint density at radius 3 is 1.39 bits per heavy atom. The van der Waals surface area contributed by atoms with Crippen LogP contribution in [-0.4, -0.2) is 40.9 Å². The molecule has 8 N–H and O–H groups in total. The van der Waals surface area contributed by atoms with E-state index < -0.39 is 46.0 Å². The number of hydrogen-bond donors (Lipinski definition) is 8. The van der Waals surface area contributed by atoms with Crippen molar-refractivity contribution in [3.63, 3.8) is 0 Å². The topological polar surface area (TPSA) is 175 Å². The van der Waals surface area contributed by atoms with Crippen molar-refractivity contribution in [2.24, 2.45) is 0 Å². The van der Waals surface area contributed by atoms with E-state index in [-0.39, 0.29) is 32.7 Å². The second-order valence-corrected chi connectivity index (χ2v) is 9.68. The minimum absolute atomic E-state index is 0.00484. The molecule has 9 nitrogen and oxygen atoms in total. The third-order valence-electron chi connectivity index (χ3n) is 7.53. The average molecular weight is 549 g/mol. The third-order valence-corrected chi connectivity index (χ3v) is 7.53. The molecule has 41 heavy (non-hydrogen) atoms. The van der Waals surface area contributed by atoms with Crippen molar-refractivity contribution in [2.45, 2.75) is 0 Å². The van der Waals surface area contributed by atoms with Crippen molar-refractivity contribution in [3.05, 3.63) is 72.8 Å². The highest BCUT2D eigenvalue weighted by atomic mass is 16.4. The molecule has 0 bridgehead atoms. The summed E-state index contributed by atoms with van der Waals surface area (Å²) in [6.45, 7) is 0. The Labute approximate surface area is 229 Å². The fraction of sp³-hybridized carbons (Fsp3) is 0. The van der Waals surface area contributed by atoms with E-state index >= 15 is 0 Å². The fourth-order valence-corrected chi connectivity index (χ4v) is 5.77. The summed E-state index contributed by atoms with van der Waals surface area (Å²) >= 11 is 0. The van der Waals surface area contributed by atoms with Crippen molar-refractivity contribution in [1.29, 1.82) is 0 Å². The van der Waals surface area contributed by atoms with E-state index in [2.05, 4.69) is 0 Å². The minimum Gasteiger partial charge on any atom is -0.504 e. The number of furan rings is 1. The van der Waals surface area contributed by atoms with Crippen LogP contribution in [0.15, 0.2) is 77.2 Å². The van der Waals surface area contributed by atoms with Crippen LogP contribution in [0.2, 0.25) is 0 Å². The fourth-order valence-electron chi connectivity index (χ4n) is 5.77. The molecule has 0 aliphatic carbocycles. The van der Waals surface area contributed by atoms with Gasteiger partial charge in [0, 0.05) is 43.4 Å². The van der Waals surface area contributed by atoms with Gasteiger partial charge in [-0.25, -0.2) is 0 Å². The van der Waals surface area contributed by atoms with Crippen LogP contribution in [-0.2, 0) is 0 Å². The van der Waals surface area contributed by atoms with E-state index in [4.69, 9.17) is 4.42 Å². The molecule has 0 radical (unpaired) electrons. The van der Waals surface area contributed by atoms with E-state index in [1.165, 1.54) is 0 Å². The first-order valence-electron chi connectivity index (χ1n) is 12.4. The normalized spacial score (nSPS) is 11.7. The van der Waals surface area contributed by atoms with Gasteiger partial charge in [-0.1, -0.05) is 60.7 Å². The van der Waals surface area contributed by atoms with Gasteiger partial charge in [-0.3, -0.25) is 0 Å². The Morgan fingerprint density at radius 1 is 0.366 bits per heavy atom. The molecule has 202 valence electrons. The predicted octanol–water partition coefficient (Wildman–Crippen LogP) is 6.87. The molecule has 0 saturated carbocycles. The molecule has 7 rings (SSSR count). The molecule has 0 atom stereocenters. The Hall–Kier alpha value is -5.96. The van der Waals surface area contributed by atoms with E-state index in [1.807, 2.05) is 0 Å².